The first-order valence-electron chi connectivity index (χ1n) is 9.35. The maximum Gasteiger partial charge on any atom is 0.125 e. The van der Waals surface area contributed by atoms with Crippen LogP contribution in [-0.4, -0.2) is 32.9 Å². The van der Waals surface area contributed by atoms with Gasteiger partial charge in [0.1, 0.15) is 5.01 Å². The van der Waals surface area contributed by atoms with E-state index < -0.39 is 0 Å². The Balaban J connectivity index is 1.81. The number of nitrogens with zero attached hydrogens (tertiary/aromatic N) is 4. The van der Waals surface area contributed by atoms with Gasteiger partial charge in [-0.25, -0.2) is 4.98 Å². The average Bonchev–Trinajstić information content (AvgIpc) is 3.19. The van der Waals surface area contributed by atoms with E-state index in [1.165, 1.54) is 11.1 Å². The van der Waals surface area contributed by atoms with E-state index in [4.69, 9.17) is 5.73 Å². The Bertz CT molecular complexity index is 848. The van der Waals surface area contributed by atoms with Crippen molar-refractivity contribution in [2.24, 2.45) is 5.73 Å². The second kappa shape index (κ2) is 9.69. The largest absolute Gasteiger partial charge is 0.330 e. The van der Waals surface area contributed by atoms with Crippen molar-refractivity contribution in [2.45, 2.75) is 39.8 Å². The molecule has 0 bridgehead atoms. The summed E-state index contributed by atoms with van der Waals surface area (Å²) in [5.74, 6) is 0. The lowest BCUT2D eigenvalue weighted by Crippen LogP contribution is -2.26. The normalized spacial score (nSPS) is 11.3. The van der Waals surface area contributed by atoms with Crippen LogP contribution in [0.4, 0.5) is 0 Å². The van der Waals surface area contributed by atoms with Gasteiger partial charge in [-0.05, 0) is 63.0 Å². The first-order valence-corrected chi connectivity index (χ1v) is 10.2. The van der Waals surface area contributed by atoms with E-state index in [9.17, 15) is 0 Å². The molecule has 2 N–H and O–H groups in total. The minimum Gasteiger partial charge on any atom is -0.330 e. The lowest BCUT2D eigenvalue weighted by molar-refractivity contribution is 0.246. The fraction of sp³-hybridized carbons (Fsp3) is 0.381. The number of pyridine rings is 2. The molecule has 0 aliphatic heterocycles. The van der Waals surface area contributed by atoms with Gasteiger partial charge in [0.2, 0.25) is 0 Å². The molecular weight excluding hydrogens is 354 g/mol. The van der Waals surface area contributed by atoms with Crippen LogP contribution in [0.2, 0.25) is 0 Å². The average molecular weight is 382 g/mol. The van der Waals surface area contributed by atoms with Crippen molar-refractivity contribution in [3.8, 4) is 10.6 Å². The molecule has 0 aliphatic carbocycles. The van der Waals surface area contributed by atoms with Crippen LogP contribution >= 0.6 is 11.3 Å². The molecule has 0 saturated heterocycles. The van der Waals surface area contributed by atoms with Crippen LogP contribution < -0.4 is 5.73 Å². The lowest BCUT2D eigenvalue weighted by Gasteiger charge is -2.23. The first kappa shape index (κ1) is 19.6. The van der Waals surface area contributed by atoms with Crippen LogP contribution in [-0.2, 0) is 13.1 Å². The van der Waals surface area contributed by atoms with E-state index in [0.29, 0.717) is 0 Å². The third-order valence-electron chi connectivity index (χ3n) is 4.55. The Morgan fingerprint density at radius 2 is 1.89 bits per heavy atom. The van der Waals surface area contributed by atoms with Crippen LogP contribution in [0, 0.1) is 13.8 Å². The van der Waals surface area contributed by atoms with Gasteiger partial charge < -0.3 is 5.73 Å². The summed E-state index contributed by atoms with van der Waals surface area (Å²) in [5, 5.41) is 3.02. The zero-order valence-corrected chi connectivity index (χ0v) is 16.9. The zero-order chi connectivity index (χ0) is 19.1. The zero-order valence-electron chi connectivity index (χ0n) is 16.1. The molecule has 0 aliphatic rings. The second-order valence-electron chi connectivity index (χ2n) is 6.82. The first-order chi connectivity index (χ1) is 13.2. The molecular formula is C21H27N5S. The van der Waals surface area contributed by atoms with Gasteiger partial charge in [0.05, 0.1) is 11.4 Å². The highest BCUT2D eigenvalue weighted by Gasteiger charge is 2.15. The summed E-state index contributed by atoms with van der Waals surface area (Å²) in [4.78, 5) is 16.2. The fourth-order valence-electron chi connectivity index (χ4n) is 3.14. The fourth-order valence-corrected chi connectivity index (χ4v) is 3.83. The third-order valence-corrected chi connectivity index (χ3v) is 5.36. The highest BCUT2D eigenvalue weighted by atomic mass is 32.1. The second-order valence-corrected chi connectivity index (χ2v) is 7.71. The minimum absolute atomic E-state index is 0.726. The summed E-state index contributed by atoms with van der Waals surface area (Å²) in [6.45, 7) is 7.50. The quantitative estimate of drug-likeness (QED) is 0.568. The summed E-state index contributed by atoms with van der Waals surface area (Å²) in [6.07, 6.45) is 7.75. The Kier molecular flexibility index (Phi) is 7.04. The van der Waals surface area contributed by atoms with Gasteiger partial charge in [-0.3, -0.25) is 14.9 Å². The molecule has 142 valence electrons. The summed E-state index contributed by atoms with van der Waals surface area (Å²) in [6, 6.07) is 6.28. The van der Waals surface area contributed by atoms with Crippen LogP contribution in [0.5, 0.6) is 0 Å². The van der Waals surface area contributed by atoms with Crippen molar-refractivity contribution in [3.05, 3.63) is 64.7 Å². The van der Waals surface area contributed by atoms with E-state index in [2.05, 4.69) is 45.8 Å². The van der Waals surface area contributed by atoms with E-state index in [1.807, 2.05) is 30.0 Å². The summed E-state index contributed by atoms with van der Waals surface area (Å²) >= 11 is 1.65. The number of hydrogen-bond acceptors (Lipinski definition) is 6. The number of hydrogen-bond donors (Lipinski definition) is 1. The van der Waals surface area contributed by atoms with Gasteiger partial charge in [-0.15, -0.1) is 11.3 Å². The highest BCUT2D eigenvalue weighted by molar-refractivity contribution is 7.13. The van der Waals surface area contributed by atoms with E-state index in [-0.39, 0.29) is 0 Å². The SMILES string of the molecule is Cc1cnc(CN(CCCCN)Cc2ncccc2-c2nccs2)c(C)c1. The predicted octanol–water partition coefficient (Wildman–Crippen LogP) is 3.96. The minimum atomic E-state index is 0.726. The van der Waals surface area contributed by atoms with Crippen molar-refractivity contribution in [3.63, 3.8) is 0 Å². The third kappa shape index (κ3) is 5.42. The lowest BCUT2D eigenvalue weighted by atomic mass is 10.1. The van der Waals surface area contributed by atoms with E-state index >= 15 is 0 Å². The van der Waals surface area contributed by atoms with Crippen molar-refractivity contribution >= 4 is 11.3 Å². The van der Waals surface area contributed by atoms with Crippen LogP contribution in [0.3, 0.4) is 0 Å². The Hall–Kier alpha value is -2.15. The Morgan fingerprint density at radius 3 is 2.63 bits per heavy atom. The molecule has 0 atom stereocenters. The number of rotatable bonds is 9. The van der Waals surface area contributed by atoms with Gasteiger partial charge in [0.15, 0.2) is 0 Å². The van der Waals surface area contributed by atoms with Gasteiger partial charge in [-0.2, -0.15) is 0 Å². The van der Waals surface area contributed by atoms with Gasteiger partial charge in [0.25, 0.3) is 0 Å². The molecule has 0 aromatic carbocycles. The molecule has 6 heteroatoms. The molecule has 3 aromatic rings. The molecule has 3 aromatic heterocycles. The van der Waals surface area contributed by atoms with Crippen molar-refractivity contribution in [1.82, 2.24) is 19.9 Å². The van der Waals surface area contributed by atoms with Gasteiger partial charge >= 0.3 is 0 Å². The monoisotopic (exact) mass is 381 g/mol. The maximum absolute atomic E-state index is 5.70. The molecule has 5 nitrogen and oxygen atoms in total. The standard InChI is InChI=1S/C21H27N5S/c1-16-12-17(2)19(25-13-16)14-26(10-4-3-7-22)15-20-18(6-5-8-23-20)21-24-9-11-27-21/h5-6,8-9,11-13H,3-4,7,10,14-15,22H2,1-2H3. The summed E-state index contributed by atoms with van der Waals surface area (Å²) < 4.78 is 0. The molecule has 0 fully saturated rings. The highest BCUT2D eigenvalue weighted by Crippen LogP contribution is 2.25. The van der Waals surface area contributed by atoms with Crippen molar-refractivity contribution in [1.29, 1.82) is 0 Å². The molecule has 3 heterocycles. The molecule has 3 rings (SSSR count). The topological polar surface area (TPSA) is 67.9 Å². The summed E-state index contributed by atoms with van der Waals surface area (Å²) in [7, 11) is 0. The van der Waals surface area contributed by atoms with Crippen LogP contribution in [0.25, 0.3) is 10.6 Å². The van der Waals surface area contributed by atoms with Crippen LogP contribution in [0.15, 0.2) is 42.2 Å². The Labute approximate surface area is 165 Å². The number of nitrogens with two attached hydrogens (primary N) is 1. The van der Waals surface area contributed by atoms with E-state index in [0.717, 1.165) is 61.0 Å². The van der Waals surface area contributed by atoms with Crippen molar-refractivity contribution in [2.75, 3.05) is 13.1 Å². The van der Waals surface area contributed by atoms with Gasteiger partial charge in [0, 0.05) is 42.6 Å². The molecule has 0 unspecified atom stereocenters. The van der Waals surface area contributed by atoms with Crippen LogP contribution in [0.1, 0.15) is 35.4 Å². The molecule has 0 radical (unpaired) electrons. The van der Waals surface area contributed by atoms with Gasteiger partial charge in [-0.1, -0.05) is 6.07 Å². The molecule has 27 heavy (non-hydrogen) atoms. The number of unbranched alkanes of at least 4 members (excludes halogenated alkanes) is 1. The number of thiazole rings is 1. The molecule has 0 spiro atoms. The number of aromatic nitrogens is 3. The maximum atomic E-state index is 5.70. The number of aryl methyl sites for hydroxylation is 2. The molecule has 0 amide bonds. The molecule has 0 saturated carbocycles. The predicted molar refractivity (Wildman–Crippen MR) is 111 cm³/mol. The van der Waals surface area contributed by atoms with E-state index in [1.54, 1.807) is 11.3 Å². The van der Waals surface area contributed by atoms with Crippen molar-refractivity contribution < 1.29 is 0 Å². The Morgan fingerprint density at radius 1 is 1.04 bits per heavy atom. The smallest absolute Gasteiger partial charge is 0.125 e. The summed E-state index contributed by atoms with van der Waals surface area (Å²) in [5.41, 5.74) is 11.4.